The summed E-state index contributed by atoms with van der Waals surface area (Å²) in [4.78, 5) is 14.6. The maximum absolute atomic E-state index is 11.8. The van der Waals surface area contributed by atoms with Gasteiger partial charge in [-0.3, -0.25) is 4.79 Å². The van der Waals surface area contributed by atoms with Crippen LogP contribution in [0.5, 0.6) is 0 Å². The monoisotopic (exact) mass is 342 g/mol. The number of rotatable bonds is 5. The summed E-state index contributed by atoms with van der Waals surface area (Å²) in [6.07, 6.45) is -0.548. The third-order valence-electron chi connectivity index (χ3n) is 2.17. The van der Waals surface area contributed by atoms with Gasteiger partial charge in [-0.2, -0.15) is 0 Å². The van der Waals surface area contributed by atoms with Gasteiger partial charge in [0, 0.05) is 35.4 Å². The van der Waals surface area contributed by atoms with E-state index in [4.69, 9.17) is 10.5 Å². The molecule has 0 aliphatic heterocycles. The van der Waals surface area contributed by atoms with Gasteiger partial charge in [0.15, 0.2) is 0 Å². The molecule has 1 aromatic rings. The lowest BCUT2D eigenvalue weighted by molar-refractivity contribution is -0.140. The van der Waals surface area contributed by atoms with Crippen molar-refractivity contribution in [2.24, 2.45) is 5.73 Å². The van der Waals surface area contributed by atoms with Crippen molar-refractivity contribution < 1.29 is 9.53 Å². The van der Waals surface area contributed by atoms with E-state index in [0.717, 1.165) is 9.35 Å². The molecule has 17 heavy (non-hydrogen) atoms. The number of ether oxygens (including phenoxy) is 1. The molecule has 0 bridgehead atoms. The van der Waals surface area contributed by atoms with Crippen LogP contribution in [0.2, 0.25) is 0 Å². The summed E-state index contributed by atoms with van der Waals surface area (Å²) in [5.41, 5.74) is 5.44. The summed E-state index contributed by atoms with van der Waals surface area (Å²) in [6.45, 7) is 0.781. The molecule has 4 nitrogen and oxygen atoms in total. The van der Waals surface area contributed by atoms with E-state index in [2.05, 4.69) is 15.9 Å². The molecule has 1 amide bonds. The Hall–Kier alpha value is -0.140. The number of nitrogens with zero attached hydrogens (tertiary/aromatic N) is 1. The summed E-state index contributed by atoms with van der Waals surface area (Å²) in [6, 6.07) is 2.00. The topological polar surface area (TPSA) is 55.6 Å². The van der Waals surface area contributed by atoms with E-state index in [-0.39, 0.29) is 24.9 Å². The predicted molar refractivity (Wildman–Crippen MR) is 75.6 cm³/mol. The minimum Gasteiger partial charge on any atom is -0.370 e. The van der Waals surface area contributed by atoms with Gasteiger partial charge in [0.2, 0.25) is 0 Å². The highest BCUT2D eigenvalue weighted by Crippen LogP contribution is 2.21. The third kappa shape index (κ3) is 4.93. The lowest BCUT2D eigenvalue weighted by Crippen LogP contribution is -2.41. The molecule has 7 heteroatoms. The molecule has 0 saturated heterocycles. The second kappa shape index (κ2) is 8.05. The molecule has 0 fully saturated rings. The van der Waals surface area contributed by atoms with E-state index >= 15 is 0 Å². The van der Waals surface area contributed by atoms with Crippen LogP contribution in [0.25, 0.3) is 0 Å². The lowest BCUT2D eigenvalue weighted by atomic mass is 10.3. The number of nitrogens with two attached hydrogens (primary N) is 1. The van der Waals surface area contributed by atoms with Crippen molar-refractivity contribution in [3.8, 4) is 0 Å². The van der Waals surface area contributed by atoms with Crippen molar-refractivity contribution in [1.29, 1.82) is 0 Å². The fourth-order valence-corrected chi connectivity index (χ4v) is 2.80. The maximum atomic E-state index is 11.8. The summed E-state index contributed by atoms with van der Waals surface area (Å²) in [5.74, 6) is -0.0884. The van der Waals surface area contributed by atoms with E-state index in [9.17, 15) is 4.79 Å². The highest BCUT2D eigenvalue weighted by Gasteiger charge is 2.20. The van der Waals surface area contributed by atoms with E-state index in [0.29, 0.717) is 6.54 Å². The molecule has 98 valence electrons. The Bertz CT molecular complexity index is 358. The van der Waals surface area contributed by atoms with Crippen LogP contribution in [0, 0.1) is 0 Å². The molecule has 1 unspecified atom stereocenters. The Morgan fingerprint density at radius 3 is 2.76 bits per heavy atom. The molecule has 0 aliphatic rings. The zero-order valence-electron chi connectivity index (χ0n) is 9.68. The first-order valence-electron chi connectivity index (χ1n) is 4.79. The van der Waals surface area contributed by atoms with Crippen molar-refractivity contribution in [3.63, 3.8) is 0 Å². The van der Waals surface area contributed by atoms with Crippen molar-refractivity contribution >= 4 is 45.6 Å². The van der Waals surface area contributed by atoms with Gasteiger partial charge < -0.3 is 15.4 Å². The van der Waals surface area contributed by atoms with Gasteiger partial charge in [0.25, 0.3) is 5.91 Å². The normalized spacial score (nSPS) is 11.8. The van der Waals surface area contributed by atoms with Crippen LogP contribution < -0.4 is 5.73 Å². The first-order valence-corrected chi connectivity index (χ1v) is 6.46. The van der Waals surface area contributed by atoms with Gasteiger partial charge in [0.1, 0.15) is 6.10 Å². The molecule has 1 aromatic heterocycles. The van der Waals surface area contributed by atoms with Crippen LogP contribution in [0.3, 0.4) is 0 Å². The molecule has 1 atom stereocenters. The largest absolute Gasteiger partial charge is 0.370 e. The summed E-state index contributed by atoms with van der Waals surface area (Å²) < 4.78 is 6.04. The number of hydrogen-bond acceptors (Lipinski definition) is 4. The Balaban J connectivity index is 0.00000256. The molecule has 0 aliphatic carbocycles. The molecule has 2 N–H and O–H groups in total. The minimum atomic E-state index is -0.548. The molecular formula is C10H16BrClN2O2S. The lowest BCUT2D eigenvalue weighted by Gasteiger charge is -2.21. The zero-order valence-corrected chi connectivity index (χ0v) is 12.9. The highest BCUT2D eigenvalue weighted by atomic mass is 79.9. The van der Waals surface area contributed by atoms with Crippen molar-refractivity contribution in [2.75, 3.05) is 20.7 Å². The predicted octanol–water partition coefficient (Wildman–Crippen LogP) is 1.86. The molecular weight excluding hydrogens is 328 g/mol. The number of methoxy groups -OCH3 is 1. The average Bonchev–Trinajstić information content (AvgIpc) is 2.65. The fraction of sp³-hybridized carbons (Fsp3) is 0.500. The smallest absolute Gasteiger partial charge is 0.253 e. The third-order valence-corrected chi connectivity index (χ3v) is 3.85. The van der Waals surface area contributed by atoms with E-state index in [1.165, 1.54) is 7.11 Å². The Kier molecular flexibility index (Phi) is 7.98. The number of hydrogen-bond donors (Lipinski definition) is 1. The van der Waals surface area contributed by atoms with E-state index < -0.39 is 6.10 Å². The standard InChI is InChI=1S/C10H15BrN2O2S.ClH/c1-13(10(14)9(4-12)15-2)5-8-3-7(11)6-16-8;/h3,6,9H,4-5,12H2,1-2H3;1H. The second-order valence-electron chi connectivity index (χ2n) is 3.39. The van der Waals surface area contributed by atoms with Gasteiger partial charge in [-0.1, -0.05) is 0 Å². The highest BCUT2D eigenvalue weighted by molar-refractivity contribution is 9.10. The Morgan fingerprint density at radius 2 is 2.35 bits per heavy atom. The second-order valence-corrected chi connectivity index (χ2v) is 5.30. The maximum Gasteiger partial charge on any atom is 0.253 e. The fourth-order valence-electron chi connectivity index (χ4n) is 1.29. The number of halogens is 2. The zero-order chi connectivity index (χ0) is 12.1. The Labute approximate surface area is 120 Å². The number of likely N-dealkylation sites (N-methyl/N-ethyl adjacent to an activating group) is 1. The molecule has 1 heterocycles. The van der Waals surface area contributed by atoms with Crippen LogP contribution in [-0.2, 0) is 16.1 Å². The number of amides is 1. The number of carbonyl (C=O) groups is 1. The van der Waals surface area contributed by atoms with Crippen molar-refractivity contribution in [3.05, 3.63) is 20.8 Å². The van der Waals surface area contributed by atoms with Crippen LogP contribution in [0.15, 0.2) is 15.9 Å². The van der Waals surface area contributed by atoms with Crippen LogP contribution in [0.1, 0.15) is 4.88 Å². The SMILES string of the molecule is COC(CN)C(=O)N(C)Cc1cc(Br)cs1.Cl. The minimum absolute atomic E-state index is 0. The van der Waals surface area contributed by atoms with Gasteiger partial charge in [-0.05, 0) is 22.0 Å². The summed E-state index contributed by atoms with van der Waals surface area (Å²) in [7, 11) is 3.24. The first-order chi connectivity index (χ1) is 7.58. The van der Waals surface area contributed by atoms with Gasteiger partial charge in [-0.15, -0.1) is 23.7 Å². The number of carbonyl (C=O) groups excluding carboxylic acids is 1. The van der Waals surface area contributed by atoms with Crippen molar-refractivity contribution in [2.45, 2.75) is 12.6 Å². The van der Waals surface area contributed by atoms with E-state index in [1.807, 2.05) is 11.4 Å². The van der Waals surface area contributed by atoms with Crippen LogP contribution >= 0.6 is 39.7 Å². The van der Waals surface area contributed by atoms with Gasteiger partial charge in [0.05, 0.1) is 6.54 Å². The molecule has 1 rings (SSSR count). The molecule has 0 saturated carbocycles. The molecule has 0 spiro atoms. The van der Waals surface area contributed by atoms with Gasteiger partial charge in [-0.25, -0.2) is 0 Å². The average molecular weight is 344 g/mol. The number of thiophene rings is 1. The van der Waals surface area contributed by atoms with E-state index in [1.54, 1.807) is 23.3 Å². The summed E-state index contributed by atoms with van der Waals surface area (Å²) in [5, 5.41) is 1.99. The summed E-state index contributed by atoms with van der Waals surface area (Å²) >= 11 is 4.99. The van der Waals surface area contributed by atoms with Crippen LogP contribution in [-0.4, -0.2) is 37.6 Å². The quantitative estimate of drug-likeness (QED) is 0.888. The Morgan fingerprint density at radius 1 is 1.71 bits per heavy atom. The van der Waals surface area contributed by atoms with Crippen LogP contribution in [0.4, 0.5) is 0 Å². The molecule has 0 aromatic carbocycles. The van der Waals surface area contributed by atoms with Crippen molar-refractivity contribution in [1.82, 2.24) is 4.90 Å². The van der Waals surface area contributed by atoms with Gasteiger partial charge >= 0.3 is 0 Å². The molecule has 0 radical (unpaired) electrons. The first kappa shape index (κ1) is 16.9.